The number of anilines is 3. The van der Waals surface area contributed by atoms with Crippen molar-refractivity contribution in [3.05, 3.63) is 75.8 Å². The molecule has 1 aliphatic heterocycles. The molecule has 0 fully saturated rings. The quantitative estimate of drug-likeness (QED) is 0.448. The van der Waals surface area contributed by atoms with Gasteiger partial charge in [0, 0.05) is 20.2 Å². The highest BCUT2D eigenvalue weighted by Crippen LogP contribution is 2.37. The van der Waals surface area contributed by atoms with E-state index in [4.69, 9.17) is 4.74 Å². The summed E-state index contributed by atoms with van der Waals surface area (Å²) in [5.74, 6) is -0.137. The Bertz CT molecular complexity index is 1290. The summed E-state index contributed by atoms with van der Waals surface area (Å²) in [4.78, 5) is 37.1. The van der Waals surface area contributed by atoms with E-state index in [1.54, 1.807) is 44.4 Å². The summed E-state index contributed by atoms with van der Waals surface area (Å²) < 4.78 is 5.17. The number of fused-ring (bicyclic) bond motifs is 2. The van der Waals surface area contributed by atoms with Gasteiger partial charge in [-0.2, -0.15) is 0 Å². The van der Waals surface area contributed by atoms with Gasteiger partial charge in [0.25, 0.3) is 5.91 Å². The maximum atomic E-state index is 12.8. The minimum Gasteiger partial charge on any atom is -0.490 e. The van der Waals surface area contributed by atoms with E-state index in [0.29, 0.717) is 28.2 Å². The number of benzene rings is 3. The topological polar surface area (TPSA) is 114 Å². The summed E-state index contributed by atoms with van der Waals surface area (Å²) in [7, 11) is 4.79. The highest BCUT2D eigenvalue weighted by molar-refractivity contribution is 6.12. The molecule has 0 aliphatic carbocycles. The van der Waals surface area contributed by atoms with Crippen molar-refractivity contribution in [2.24, 2.45) is 0 Å². The molecule has 0 saturated heterocycles. The van der Waals surface area contributed by atoms with Crippen molar-refractivity contribution >= 4 is 34.6 Å². The van der Waals surface area contributed by atoms with Crippen LogP contribution in [0.4, 0.5) is 22.7 Å². The van der Waals surface area contributed by atoms with Gasteiger partial charge in [-0.3, -0.25) is 19.7 Å². The Morgan fingerprint density at radius 3 is 2.39 bits per heavy atom. The first-order valence-corrected chi connectivity index (χ1v) is 10.1. The number of nitrogens with one attached hydrogen (secondary N) is 2. The number of nitrogens with zero attached hydrogens (tertiary/aromatic N) is 2. The second-order valence-electron chi connectivity index (χ2n) is 7.83. The van der Waals surface area contributed by atoms with Crippen molar-refractivity contribution in [1.82, 2.24) is 4.90 Å². The van der Waals surface area contributed by atoms with Crippen molar-refractivity contribution in [2.45, 2.75) is 6.42 Å². The van der Waals surface area contributed by atoms with Gasteiger partial charge in [-0.25, -0.2) is 0 Å². The minimum absolute atomic E-state index is 0.0255. The van der Waals surface area contributed by atoms with Crippen molar-refractivity contribution in [3.63, 3.8) is 0 Å². The molecule has 0 atom stereocenters. The molecule has 2 N–H and O–H groups in total. The first-order valence-electron chi connectivity index (χ1n) is 10.1. The number of ether oxygens (including phenoxy) is 1. The van der Waals surface area contributed by atoms with E-state index in [1.165, 1.54) is 18.1 Å². The summed E-state index contributed by atoms with van der Waals surface area (Å²) in [6.07, 6.45) is 0.241. The van der Waals surface area contributed by atoms with Crippen molar-refractivity contribution in [2.75, 3.05) is 31.8 Å². The zero-order valence-corrected chi connectivity index (χ0v) is 18.3. The van der Waals surface area contributed by atoms with Gasteiger partial charge >= 0.3 is 5.69 Å². The van der Waals surface area contributed by atoms with E-state index in [1.807, 2.05) is 18.2 Å². The molecule has 3 aromatic carbocycles. The Kier molecular flexibility index (Phi) is 5.70. The summed E-state index contributed by atoms with van der Waals surface area (Å²) >= 11 is 0. The Labute approximate surface area is 190 Å². The third-order valence-corrected chi connectivity index (χ3v) is 5.43. The van der Waals surface area contributed by atoms with Gasteiger partial charge in [0.1, 0.15) is 0 Å². The van der Waals surface area contributed by atoms with Crippen LogP contribution in [0.2, 0.25) is 0 Å². The van der Waals surface area contributed by atoms with Gasteiger partial charge in [0.05, 0.1) is 41.1 Å². The number of methoxy groups -OCH3 is 1. The van der Waals surface area contributed by atoms with Gasteiger partial charge in [-0.1, -0.05) is 12.1 Å². The van der Waals surface area contributed by atoms with Crippen molar-refractivity contribution < 1.29 is 19.2 Å². The molecule has 0 bridgehead atoms. The second kappa shape index (κ2) is 8.62. The molecule has 168 valence electrons. The predicted octanol–water partition coefficient (Wildman–Crippen LogP) is 4.21. The number of rotatable bonds is 5. The number of hydrogen-bond donors (Lipinski definition) is 2. The fraction of sp³-hybridized carbons (Fsp3) is 0.167. The monoisotopic (exact) mass is 446 g/mol. The molecular formula is C24H22N4O5. The molecule has 9 nitrogen and oxygen atoms in total. The molecule has 9 heteroatoms. The smallest absolute Gasteiger partial charge is 0.310 e. The largest absolute Gasteiger partial charge is 0.490 e. The fourth-order valence-electron chi connectivity index (χ4n) is 3.61. The molecular weight excluding hydrogens is 424 g/mol. The van der Waals surface area contributed by atoms with Crippen LogP contribution in [0.3, 0.4) is 0 Å². The molecule has 0 radical (unpaired) electrons. The van der Waals surface area contributed by atoms with Gasteiger partial charge in [-0.15, -0.1) is 0 Å². The zero-order chi connectivity index (χ0) is 23.7. The summed E-state index contributed by atoms with van der Waals surface area (Å²) in [5, 5.41) is 17.4. The molecule has 33 heavy (non-hydrogen) atoms. The van der Waals surface area contributed by atoms with Gasteiger partial charge in [-0.05, 0) is 53.1 Å². The average Bonchev–Trinajstić information content (AvgIpc) is 2.93. The molecule has 0 spiro atoms. The standard InChI is InChI=1S/C24H22N4O5/c1-27(2)23(29)11-14-4-8-18-20(10-14)25-19-12-15(5-7-17(19)24(30)26-18)16-6-9-21(28(31)32)22(13-16)33-3/h4-10,12-13,25H,11H2,1-3H3,(H,26,30). The molecule has 3 aromatic rings. The van der Waals surface area contributed by atoms with Crippen LogP contribution in [0.1, 0.15) is 15.9 Å². The Morgan fingerprint density at radius 2 is 1.70 bits per heavy atom. The average molecular weight is 446 g/mol. The number of nitro groups is 1. The van der Waals surface area contributed by atoms with Gasteiger partial charge < -0.3 is 20.3 Å². The maximum Gasteiger partial charge on any atom is 0.310 e. The third-order valence-electron chi connectivity index (χ3n) is 5.43. The number of hydrogen-bond acceptors (Lipinski definition) is 6. The van der Waals surface area contributed by atoms with Crippen LogP contribution >= 0.6 is 0 Å². The van der Waals surface area contributed by atoms with Gasteiger partial charge in [0.15, 0.2) is 5.75 Å². The van der Waals surface area contributed by atoms with Crippen molar-refractivity contribution in [3.8, 4) is 16.9 Å². The van der Waals surface area contributed by atoms with Gasteiger partial charge in [0.2, 0.25) is 5.91 Å². The zero-order valence-electron chi connectivity index (χ0n) is 18.3. The summed E-state index contributed by atoms with van der Waals surface area (Å²) in [6.45, 7) is 0. The third kappa shape index (κ3) is 4.33. The molecule has 0 saturated carbocycles. The second-order valence-corrected chi connectivity index (χ2v) is 7.83. The van der Waals surface area contributed by atoms with E-state index in [9.17, 15) is 19.7 Å². The SMILES string of the molecule is COc1cc(-c2ccc3c(c2)Nc2cc(CC(=O)N(C)C)ccc2NC3=O)ccc1[N+](=O)[O-]. The van der Waals surface area contributed by atoms with Crippen LogP contribution < -0.4 is 15.4 Å². The van der Waals surface area contributed by atoms with Crippen LogP contribution in [0.15, 0.2) is 54.6 Å². The van der Waals surface area contributed by atoms with E-state index in [2.05, 4.69) is 10.6 Å². The Balaban J connectivity index is 1.72. The molecule has 2 amide bonds. The van der Waals surface area contributed by atoms with E-state index in [-0.39, 0.29) is 29.7 Å². The lowest BCUT2D eigenvalue weighted by atomic mass is 10.0. The van der Waals surface area contributed by atoms with E-state index in [0.717, 1.165) is 11.1 Å². The normalized spacial score (nSPS) is 11.9. The number of nitro benzene ring substituents is 1. The molecule has 0 unspecified atom stereocenters. The van der Waals surface area contributed by atoms with Crippen LogP contribution in [-0.4, -0.2) is 42.8 Å². The maximum absolute atomic E-state index is 12.8. The van der Waals surface area contributed by atoms with Crippen LogP contribution in [0.25, 0.3) is 11.1 Å². The molecule has 0 aromatic heterocycles. The highest BCUT2D eigenvalue weighted by Gasteiger charge is 2.21. The number of amides is 2. The van der Waals surface area contributed by atoms with E-state index >= 15 is 0 Å². The summed E-state index contributed by atoms with van der Waals surface area (Å²) in [5.41, 5.74) is 4.46. The number of carbonyl (C=O) groups excluding carboxylic acids is 2. The Hall–Kier alpha value is -4.40. The molecule has 4 rings (SSSR count). The lowest BCUT2D eigenvalue weighted by molar-refractivity contribution is -0.385. The molecule has 1 heterocycles. The Morgan fingerprint density at radius 1 is 0.970 bits per heavy atom. The van der Waals surface area contributed by atoms with Crippen molar-refractivity contribution in [1.29, 1.82) is 0 Å². The van der Waals surface area contributed by atoms with Crippen LogP contribution in [0.5, 0.6) is 5.75 Å². The lowest BCUT2D eigenvalue weighted by Gasteiger charge is -2.14. The predicted molar refractivity (Wildman–Crippen MR) is 125 cm³/mol. The number of carbonyl (C=O) groups is 2. The van der Waals surface area contributed by atoms with Crippen LogP contribution in [0, 0.1) is 10.1 Å². The highest BCUT2D eigenvalue weighted by atomic mass is 16.6. The van der Waals surface area contributed by atoms with Crippen LogP contribution in [-0.2, 0) is 11.2 Å². The minimum atomic E-state index is -0.499. The first-order chi connectivity index (χ1) is 15.8. The first kappa shape index (κ1) is 21.8. The summed E-state index contributed by atoms with van der Waals surface area (Å²) in [6, 6.07) is 15.3. The lowest BCUT2D eigenvalue weighted by Crippen LogP contribution is -2.23. The number of likely N-dealkylation sites (N-methyl/N-ethyl adjacent to an activating group) is 1. The fourth-order valence-corrected chi connectivity index (χ4v) is 3.61. The van der Waals surface area contributed by atoms with E-state index < -0.39 is 4.92 Å². The molecule has 1 aliphatic rings.